The van der Waals surface area contributed by atoms with Crippen LogP contribution in [0.2, 0.25) is 0 Å². The van der Waals surface area contributed by atoms with Gasteiger partial charge in [0.1, 0.15) is 5.60 Å². The predicted molar refractivity (Wildman–Crippen MR) is 79.3 cm³/mol. The Hall–Kier alpha value is -0.810. The summed E-state index contributed by atoms with van der Waals surface area (Å²) in [4.78, 5) is 17.1. The first kappa shape index (κ1) is 17.2. The highest BCUT2D eigenvalue weighted by atomic mass is 16.6. The van der Waals surface area contributed by atoms with E-state index in [4.69, 9.17) is 9.57 Å². The second kappa shape index (κ2) is 7.84. The normalized spacial score (nSPS) is 23.7. The number of nitrogens with one attached hydrogen (secondary N) is 2. The molecule has 0 aromatic rings. The van der Waals surface area contributed by atoms with Gasteiger partial charge in [0.05, 0.1) is 6.61 Å². The molecular formula is C15H30N2O3. The van der Waals surface area contributed by atoms with Gasteiger partial charge in [-0.25, -0.2) is 4.79 Å². The van der Waals surface area contributed by atoms with Crippen LogP contribution >= 0.6 is 0 Å². The Labute approximate surface area is 122 Å². The molecule has 5 heteroatoms. The number of hydroxylamine groups is 1. The van der Waals surface area contributed by atoms with Gasteiger partial charge in [-0.2, -0.15) is 5.48 Å². The van der Waals surface area contributed by atoms with Crippen LogP contribution in [0.15, 0.2) is 0 Å². The molecule has 0 aromatic heterocycles. The molecular weight excluding hydrogens is 256 g/mol. The van der Waals surface area contributed by atoms with Crippen LogP contribution in [-0.2, 0) is 9.57 Å². The number of ether oxygens (including phenoxy) is 1. The summed E-state index contributed by atoms with van der Waals surface area (Å²) in [7, 11) is 0. The zero-order valence-corrected chi connectivity index (χ0v) is 13.5. The van der Waals surface area contributed by atoms with Crippen LogP contribution < -0.4 is 10.8 Å². The van der Waals surface area contributed by atoms with Crippen molar-refractivity contribution in [2.75, 3.05) is 6.61 Å². The SMILES string of the molecule is CC(C)CONC1CCC(NC(=O)OC(C)(C)C)CC1. The van der Waals surface area contributed by atoms with Gasteiger partial charge in [0.25, 0.3) is 0 Å². The minimum Gasteiger partial charge on any atom is -0.444 e. The van der Waals surface area contributed by atoms with Crippen molar-refractivity contribution in [2.45, 2.75) is 78.0 Å². The molecule has 5 nitrogen and oxygen atoms in total. The molecule has 1 aliphatic carbocycles. The lowest BCUT2D eigenvalue weighted by Crippen LogP contribution is -2.44. The number of rotatable bonds is 5. The van der Waals surface area contributed by atoms with Crippen molar-refractivity contribution in [1.82, 2.24) is 10.8 Å². The minimum atomic E-state index is -0.437. The number of hydrogen-bond donors (Lipinski definition) is 2. The molecule has 0 saturated heterocycles. The Morgan fingerprint density at radius 3 is 2.20 bits per heavy atom. The predicted octanol–water partition coefficient (Wildman–Crippen LogP) is 3.00. The third-order valence-corrected chi connectivity index (χ3v) is 3.11. The molecule has 0 radical (unpaired) electrons. The van der Waals surface area contributed by atoms with Gasteiger partial charge in [-0.15, -0.1) is 0 Å². The van der Waals surface area contributed by atoms with E-state index in [1.165, 1.54) is 0 Å². The molecule has 1 fully saturated rings. The lowest BCUT2D eigenvalue weighted by atomic mass is 9.92. The van der Waals surface area contributed by atoms with Crippen LogP contribution in [0.5, 0.6) is 0 Å². The van der Waals surface area contributed by atoms with Gasteiger partial charge in [0.2, 0.25) is 0 Å². The van der Waals surface area contributed by atoms with E-state index in [1.807, 2.05) is 20.8 Å². The smallest absolute Gasteiger partial charge is 0.407 e. The van der Waals surface area contributed by atoms with E-state index in [2.05, 4.69) is 24.6 Å². The standard InChI is InChI=1S/C15H30N2O3/c1-11(2)10-19-17-13-8-6-12(7-9-13)16-14(18)20-15(3,4)5/h11-13,17H,6-10H2,1-5H3,(H,16,18). The molecule has 20 heavy (non-hydrogen) atoms. The van der Waals surface area contributed by atoms with Gasteiger partial charge in [0.15, 0.2) is 0 Å². The van der Waals surface area contributed by atoms with E-state index in [0.29, 0.717) is 12.0 Å². The highest BCUT2D eigenvalue weighted by Gasteiger charge is 2.24. The molecule has 1 saturated carbocycles. The lowest BCUT2D eigenvalue weighted by Gasteiger charge is -2.30. The Kier molecular flexibility index (Phi) is 6.76. The fourth-order valence-corrected chi connectivity index (χ4v) is 2.16. The third kappa shape index (κ3) is 7.70. The molecule has 0 unspecified atom stereocenters. The summed E-state index contributed by atoms with van der Waals surface area (Å²) < 4.78 is 5.27. The van der Waals surface area contributed by atoms with E-state index in [9.17, 15) is 4.79 Å². The van der Waals surface area contributed by atoms with Crippen molar-refractivity contribution in [3.05, 3.63) is 0 Å². The Morgan fingerprint density at radius 1 is 1.15 bits per heavy atom. The van der Waals surface area contributed by atoms with Crippen LogP contribution in [0.4, 0.5) is 4.79 Å². The topological polar surface area (TPSA) is 59.6 Å². The van der Waals surface area contributed by atoms with Gasteiger partial charge in [-0.05, 0) is 52.4 Å². The molecule has 1 aliphatic rings. The van der Waals surface area contributed by atoms with Crippen LogP contribution in [0, 0.1) is 5.92 Å². The Balaban J connectivity index is 2.17. The van der Waals surface area contributed by atoms with Gasteiger partial charge in [-0.1, -0.05) is 13.8 Å². The molecule has 0 aliphatic heterocycles. The summed E-state index contributed by atoms with van der Waals surface area (Å²) in [5.41, 5.74) is 2.68. The summed E-state index contributed by atoms with van der Waals surface area (Å²) >= 11 is 0. The second-order valence-electron chi connectivity index (χ2n) is 7.02. The highest BCUT2D eigenvalue weighted by molar-refractivity contribution is 5.68. The number of hydrogen-bond acceptors (Lipinski definition) is 4. The van der Waals surface area contributed by atoms with Crippen molar-refractivity contribution < 1.29 is 14.4 Å². The monoisotopic (exact) mass is 286 g/mol. The van der Waals surface area contributed by atoms with Crippen molar-refractivity contribution in [1.29, 1.82) is 0 Å². The average molecular weight is 286 g/mol. The van der Waals surface area contributed by atoms with Gasteiger partial charge >= 0.3 is 6.09 Å². The summed E-state index contributed by atoms with van der Waals surface area (Å²) in [6, 6.07) is 0.610. The minimum absolute atomic E-state index is 0.216. The van der Waals surface area contributed by atoms with E-state index in [1.54, 1.807) is 0 Å². The molecule has 1 rings (SSSR count). The fraction of sp³-hybridized carbons (Fsp3) is 0.933. The molecule has 0 bridgehead atoms. The Bertz CT molecular complexity index is 292. The summed E-state index contributed by atoms with van der Waals surface area (Å²) in [6.07, 6.45) is 3.63. The molecule has 1 amide bonds. The third-order valence-electron chi connectivity index (χ3n) is 3.11. The number of carbonyl (C=O) groups is 1. The number of carbonyl (C=O) groups excluding carboxylic acids is 1. The maximum Gasteiger partial charge on any atom is 0.407 e. The first-order valence-electron chi connectivity index (χ1n) is 7.63. The largest absolute Gasteiger partial charge is 0.444 e. The molecule has 2 N–H and O–H groups in total. The van der Waals surface area contributed by atoms with E-state index in [-0.39, 0.29) is 12.1 Å². The van der Waals surface area contributed by atoms with Crippen LogP contribution in [0.25, 0.3) is 0 Å². The summed E-state index contributed by atoms with van der Waals surface area (Å²) in [6.45, 7) is 10.6. The van der Waals surface area contributed by atoms with Gasteiger partial charge in [-0.3, -0.25) is 0 Å². The van der Waals surface area contributed by atoms with Crippen LogP contribution in [0.1, 0.15) is 60.3 Å². The molecule has 0 atom stereocenters. The first-order chi connectivity index (χ1) is 9.26. The molecule has 0 heterocycles. The van der Waals surface area contributed by atoms with E-state index >= 15 is 0 Å². The maximum atomic E-state index is 11.7. The lowest BCUT2D eigenvalue weighted by molar-refractivity contribution is -0.00911. The van der Waals surface area contributed by atoms with Gasteiger partial charge < -0.3 is 14.9 Å². The van der Waals surface area contributed by atoms with Crippen molar-refractivity contribution in [3.63, 3.8) is 0 Å². The van der Waals surface area contributed by atoms with Gasteiger partial charge in [0, 0.05) is 12.1 Å². The number of amides is 1. The van der Waals surface area contributed by atoms with Crippen molar-refractivity contribution in [2.24, 2.45) is 5.92 Å². The summed E-state index contributed by atoms with van der Waals surface area (Å²) in [5, 5.41) is 2.94. The van der Waals surface area contributed by atoms with Crippen molar-refractivity contribution in [3.8, 4) is 0 Å². The zero-order valence-electron chi connectivity index (χ0n) is 13.5. The fourth-order valence-electron chi connectivity index (χ4n) is 2.16. The highest BCUT2D eigenvalue weighted by Crippen LogP contribution is 2.19. The van der Waals surface area contributed by atoms with Crippen molar-refractivity contribution >= 4 is 6.09 Å². The van der Waals surface area contributed by atoms with E-state index < -0.39 is 5.60 Å². The zero-order chi connectivity index (χ0) is 15.2. The maximum absolute atomic E-state index is 11.7. The molecule has 0 spiro atoms. The van der Waals surface area contributed by atoms with Crippen LogP contribution in [-0.4, -0.2) is 30.4 Å². The second-order valence-corrected chi connectivity index (χ2v) is 7.02. The molecule has 118 valence electrons. The number of alkyl carbamates (subject to hydrolysis) is 1. The summed E-state index contributed by atoms with van der Waals surface area (Å²) in [5.74, 6) is 0.535. The molecule has 0 aromatic carbocycles. The quantitative estimate of drug-likeness (QED) is 0.763. The van der Waals surface area contributed by atoms with Crippen LogP contribution in [0.3, 0.4) is 0 Å². The Morgan fingerprint density at radius 2 is 1.70 bits per heavy atom. The van der Waals surface area contributed by atoms with E-state index in [0.717, 1.165) is 32.3 Å². The first-order valence-corrected chi connectivity index (χ1v) is 7.63. The average Bonchev–Trinajstić information content (AvgIpc) is 2.28.